The van der Waals surface area contributed by atoms with Crippen molar-refractivity contribution in [1.29, 1.82) is 0 Å². The minimum atomic E-state index is -3.56. The molecule has 1 aromatic carbocycles. The molecular weight excluding hydrogens is 250 g/mol. The fourth-order valence-corrected chi connectivity index (χ4v) is 1.40. The third kappa shape index (κ3) is 3.00. The van der Waals surface area contributed by atoms with Crippen molar-refractivity contribution in [2.45, 2.75) is 32.6 Å². The van der Waals surface area contributed by atoms with Gasteiger partial charge in [-0.1, -0.05) is 13.8 Å². The number of rotatable bonds is 4. The Hall–Kier alpha value is -1.59. The smallest absolute Gasteiger partial charge is 0.321 e. The van der Waals surface area contributed by atoms with Crippen LogP contribution < -0.4 is 5.32 Å². The Morgan fingerprint density at radius 3 is 2.17 bits per heavy atom. The topological polar surface area (TPSA) is 29.1 Å². The highest BCUT2D eigenvalue weighted by atomic mass is 19.3. The maximum atomic E-state index is 13.4. The van der Waals surface area contributed by atoms with E-state index in [1.54, 1.807) is 12.2 Å². The molecule has 6 heteroatoms. The van der Waals surface area contributed by atoms with E-state index in [4.69, 9.17) is 0 Å². The molecule has 1 amide bonds. The molecule has 0 heterocycles. The summed E-state index contributed by atoms with van der Waals surface area (Å²) in [5, 5.41) is 1.80. The average Bonchev–Trinajstić information content (AvgIpc) is 2.28. The van der Waals surface area contributed by atoms with Gasteiger partial charge in [0.2, 0.25) is 0 Å². The van der Waals surface area contributed by atoms with Gasteiger partial charge in [0, 0.05) is 19.1 Å². The Morgan fingerprint density at radius 2 is 1.78 bits per heavy atom. The normalized spacial score (nSPS) is 11.4. The number of benzene rings is 1. The highest BCUT2D eigenvalue weighted by Gasteiger charge is 2.36. The zero-order chi connectivity index (χ0) is 13.9. The van der Waals surface area contributed by atoms with Crippen LogP contribution in [0.15, 0.2) is 12.1 Å². The largest absolute Gasteiger partial charge is 0.324 e. The molecule has 0 atom stereocenters. The Kier molecular flexibility index (Phi) is 4.32. The van der Waals surface area contributed by atoms with Crippen LogP contribution in [0.5, 0.6) is 0 Å². The van der Waals surface area contributed by atoms with Crippen molar-refractivity contribution >= 4 is 11.6 Å². The average molecular weight is 265 g/mol. The van der Waals surface area contributed by atoms with E-state index >= 15 is 0 Å². The number of alkyl halides is 2. The van der Waals surface area contributed by atoms with Crippen molar-refractivity contribution in [1.82, 2.24) is 0 Å². The van der Waals surface area contributed by atoms with E-state index in [-0.39, 0.29) is 19.1 Å². The molecule has 0 radical (unpaired) electrons. The molecule has 1 N–H and O–H groups in total. The lowest BCUT2D eigenvalue weighted by atomic mass is 10.1. The molecule has 1 aromatic rings. The molecule has 102 valence electrons. The standard InChI is InChI=1S/C12H13F4NO.H2/c1-3-8-9(13)5-7(6-10(8)14)17-11(18)12(15,16)4-2;/h5-6H,3-4H2,1-2H3,(H,17,18);1H. The molecule has 0 bridgehead atoms. The lowest BCUT2D eigenvalue weighted by Crippen LogP contribution is -2.33. The second-order valence-electron chi connectivity index (χ2n) is 3.78. The Bertz CT molecular complexity index is 442. The van der Waals surface area contributed by atoms with Crippen LogP contribution in [0.1, 0.15) is 27.3 Å². The predicted molar refractivity (Wildman–Crippen MR) is 61.7 cm³/mol. The van der Waals surface area contributed by atoms with Gasteiger partial charge in [-0.15, -0.1) is 0 Å². The summed E-state index contributed by atoms with van der Waals surface area (Å²) in [5.74, 6) is -6.87. The van der Waals surface area contributed by atoms with Gasteiger partial charge in [0.05, 0.1) is 0 Å². The maximum absolute atomic E-state index is 13.4. The summed E-state index contributed by atoms with van der Waals surface area (Å²) in [6.07, 6.45) is -0.548. The molecule has 0 unspecified atom stereocenters. The van der Waals surface area contributed by atoms with E-state index in [0.717, 1.165) is 19.1 Å². The monoisotopic (exact) mass is 265 g/mol. The van der Waals surface area contributed by atoms with Gasteiger partial charge in [0.15, 0.2) is 0 Å². The fraction of sp³-hybridized carbons (Fsp3) is 0.417. The van der Waals surface area contributed by atoms with Crippen LogP contribution in [0.3, 0.4) is 0 Å². The van der Waals surface area contributed by atoms with Gasteiger partial charge in [-0.05, 0) is 18.6 Å². The number of carbonyl (C=O) groups excluding carboxylic acids is 1. The first-order valence-corrected chi connectivity index (χ1v) is 5.49. The molecule has 0 aliphatic rings. The summed E-state index contributed by atoms with van der Waals surface area (Å²) in [5.41, 5.74) is -0.462. The first-order valence-electron chi connectivity index (χ1n) is 5.49. The molecule has 0 aliphatic carbocycles. The lowest BCUT2D eigenvalue weighted by Gasteiger charge is -2.14. The number of nitrogens with one attached hydrogen (secondary N) is 1. The summed E-state index contributed by atoms with van der Waals surface area (Å²) in [4.78, 5) is 11.1. The maximum Gasteiger partial charge on any atom is 0.324 e. The van der Waals surface area contributed by atoms with Gasteiger partial charge in [0.1, 0.15) is 11.6 Å². The summed E-state index contributed by atoms with van der Waals surface area (Å²) >= 11 is 0. The molecule has 0 spiro atoms. The first-order chi connectivity index (χ1) is 8.31. The predicted octanol–water partition coefficient (Wildman–Crippen LogP) is 3.76. The zero-order valence-electron chi connectivity index (χ0n) is 9.99. The number of anilines is 1. The highest BCUT2D eigenvalue weighted by Crippen LogP contribution is 2.23. The van der Waals surface area contributed by atoms with Gasteiger partial charge in [-0.3, -0.25) is 4.79 Å². The number of halogens is 4. The summed E-state index contributed by atoms with van der Waals surface area (Å²) < 4.78 is 52.7. The minimum Gasteiger partial charge on any atom is -0.321 e. The molecule has 0 saturated carbocycles. The van der Waals surface area contributed by atoms with Gasteiger partial charge in [-0.25, -0.2) is 8.78 Å². The van der Waals surface area contributed by atoms with Crippen LogP contribution in [-0.4, -0.2) is 11.8 Å². The fourth-order valence-electron chi connectivity index (χ4n) is 1.40. The minimum absolute atomic E-state index is 0. The van der Waals surface area contributed by atoms with Crippen molar-refractivity contribution in [3.63, 3.8) is 0 Å². The molecule has 18 heavy (non-hydrogen) atoms. The number of amides is 1. The summed E-state index contributed by atoms with van der Waals surface area (Å²) in [6, 6.07) is 1.65. The molecule has 2 nitrogen and oxygen atoms in total. The van der Waals surface area contributed by atoms with Crippen molar-refractivity contribution in [2.75, 3.05) is 5.32 Å². The summed E-state index contributed by atoms with van der Waals surface area (Å²) in [7, 11) is 0. The molecule has 0 aromatic heterocycles. The Balaban J connectivity index is 0.00000324. The lowest BCUT2D eigenvalue weighted by molar-refractivity contribution is -0.139. The van der Waals surface area contributed by atoms with E-state index in [1.807, 2.05) is 0 Å². The van der Waals surface area contributed by atoms with Crippen LogP contribution in [0.2, 0.25) is 0 Å². The number of carbonyl (C=O) groups is 1. The van der Waals surface area contributed by atoms with E-state index in [9.17, 15) is 22.4 Å². The SMILES string of the molecule is CCc1c(F)cc(NC(=O)C(F)(F)CC)cc1F.[HH]. The second kappa shape index (κ2) is 5.37. The van der Waals surface area contributed by atoms with Crippen molar-refractivity contribution < 1.29 is 23.8 Å². The van der Waals surface area contributed by atoms with E-state index in [0.29, 0.717) is 0 Å². The Labute approximate surface area is 103 Å². The summed E-state index contributed by atoms with van der Waals surface area (Å²) in [6.45, 7) is 2.70. The van der Waals surface area contributed by atoms with E-state index in [1.165, 1.54) is 0 Å². The van der Waals surface area contributed by atoms with Crippen molar-refractivity contribution in [2.24, 2.45) is 0 Å². The first kappa shape index (κ1) is 14.5. The third-order valence-corrected chi connectivity index (χ3v) is 2.53. The number of hydrogen-bond donors (Lipinski definition) is 1. The van der Waals surface area contributed by atoms with Crippen LogP contribution >= 0.6 is 0 Å². The van der Waals surface area contributed by atoms with E-state index in [2.05, 4.69) is 0 Å². The second-order valence-corrected chi connectivity index (χ2v) is 3.78. The van der Waals surface area contributed by atoms with Gasteiger partial charge in [-0.2, -0.15) is 8.78 Å². The Morgan fingerprint density at radius 1 is 1.28 bits per heavy atom. The molecular formula is C12H15F4NO. The van der Waals surface area contributed by atoms with Gasteiger partial charge >= 0.3 is 5.92 Å². The number of hydrogen-bond acceptors (Lipinski definition) is 1. The molecule has 0 saturated heterocycles. The molecule has 0 fully saturated rings. The van der Waals surface area contributed by atoms with Crippen LogP contribution in [0.25, 0.3) is 0 Å². The molecule has 1 rings (SSSR count). The van der Waals surface area contributed by atoms with Crippen LogP contribution in [-0.2, 0) is 11.2 Å². The van der Waals surface area contributed by atoms with Crippen molar-refractivity contribution in [3.8, 4) is 0 Å². The zero-order valence-corrected chi connectivity index (χ0v) is 9.99. The van der Waals surface area contributed by atoms with Gasteiger partial charge < -0.3 is 5.32 Å². The van der Waals surface area contributed by atoms with Gasteiger partial charge in [0.25, 0.3) is 5.91 Å². The third-order valence-electron chi connectivity index (χ3n) is 2.53. The quantitative estimate of drug-likeness (QED) is 0.825. The van der Waals surface area contributed by atoms with Crippen LogP contribution in [0, 0.1) is 11.6 Å². The van der Waals surface area contributed by atoms with Crippen molar-refractivity contribution in [3.05, 3.63) is 29.3 Å². The van der Waals surface area contributed by atoms with Crippen LogP contribution in [0.4, 0.5) is 23.2 Å². The van der Waals surface area contributed by atoms with E-state index < -0.39 is 29.9 Å². The molecule has 0 aliphatic heterocycles. The highest BCUT2D eigenvalue weighted by molar-refractivity contribution is 5.96.